The van der Waals surface area contributed by atoms with Crippen LogP contribution in [-0.4, -0.2) is 87.8 Å². The number of esters is 1. The molecule has 5 atom stereocenters. The van der Waals surface area contributed by atoms with Crippen LogP contribution in [0, 0.1) is 11.8 Å². The van der Waals surface area contributed by atoms with Crippen molar-refractivity contribution in [2.75, 3.05) is 26.2 Å². The molecule has 0 saturated carbocycles. The summed E-state index contributed by atoms with van der Waals surface area (Å²) in [5.74, 6) is 4.69. The summed E-state index contributed by atoms with van der Waals surface area (Å²) < 4.78 is 5.31. The first kappa shape index (κ1) is 32.1. The molecule has 0 aliphatic carbocycles. The third-order valence-electron chi connectivity index (χ3n) is 7.14. The van der Waals surface area contributed by atoms with Crippen LogP contribution in [0.25, 0.3) is 5.70 Å². The van der Waals surface area contributed by atoms with Gasteiger partial charge in [0.15, 0.2) is 0 Å². The van der Waals surface area contributed by atoms with Gasteiger partial charge < -0.3 is 30.8 Å². The van der Waals surface area contributed by atoms with Gasteiger partial charge in [0, 0.05) is 37.9 Å². The minimum absolute atomic E-state index is 0.156. The normalized spacial score (nSPS) is 26.2. The minimum atomic E-state index is -1.13. The van der Waals surface area contributed by atoms with Gasteiger partial charge in [-0.15, -0.1) is 5.10 Å². The second kappa shape index (κ2) is 16.8. The van der Waals surface area contributed by atoms with Gasteiger partial charge in [0.25, 0.3) is 0 Å². The average molecular weight is 548 g/mol. The van der Waals surface area contributed by atoms with Crippen molar-refractivity contribution in [1.29, 1.82) is 0 Å². The third kappa shape index (κ3) is 10.9. The molecule has 12 nitrogen and oxygen atoms in total. The summed E-state index contributed by atoms with van der Waals surface area (Å²) in [5.41, 5.74) is 6.93. The SMILES string of the molecule is CC1CCCNC(C)C(N(C=O)CCCCN(N)/C=C(\N)c2cccnn2)C(O)COC(=O)C(C)C(=O)CC1. The fraction of sp³-hybridized carbons (Fsp3) is 0.667. The lowest BCUT2D eigenvalue weighted by molar-refractivity contribution is -0.155. The second-order valence-corrected chi connectivity index (χ2v) is 10.4. The molecule has 1 aromatic heterocycles. The Morgan fingerprint density at radius 3 is 2.67 bits per heavy atom. The van der Waals surface area contributed by atoms with Crippen molar-refractivity contribution in [3.8, 4) is 0 Å². The maximum absolute atomic E-state index is 12.5. The van der Waals surface area contributed by atoms with Crippen LogP contribution in [0.5, 0.6) is 0 Å². The fourth-order valence-corrected chi connectivity index (χ4v) is 4.64. The average Bonchev–Trinajstić information content (AvgIpc) is 2.93. The van der Waals surface area contributed by atoms with Crippen molar-refractivity contribution in [3.63, 3.8) is 0 Å². The molecule has 0 aromatic carbocycles. The van der Waals surface area contributed by atoms with Crippen LogP contribution in [0.1, 0.15) is 65.0 Å². The van der Waals surface area contributed by atoms with Crippen molar-refractivity contribution in [2.45, 2.75) is 77.5 Å². The van der Waals surface area contributed by atoms with E-state index in [9.17, 15) is 19.5 Å². The van der Waals surface area contributed by atoms with Gasteiger partial charge >= 0.3 is 5.97 Å². The highest BCUT2D eigenvalue weighted by molar-refractivity contribution is 5.98. The Labute approximate surface area is 231 Å². The number of carbonyl (C=O) groups is 3. The molecule has 1 amide bonds. The first-order valence-electron chi connectivity index (χ1n) is 13.7. The van der Waals surface area contributed by atoms with Gasteiger partial charge in [-0.1, -0.05) is 6.92 Å². The van der Waals surface area contributed by atoms with Crippen LogP contribution in [0.3, 0.4) is 0 Å². The van der Waals surface area contributed by atoms with E-state index in [2.05, 4.69) is 22.4 Å². The van der Waals surface area contributed by atoms with Crippen LogP contribution in [0.4, 0.5) is 0 Å². The molecule has 2 rings (SSSR count). The molecule has 5 unspecified atom stereocenters. The van der Waals surface area contributed by atoms with Gasteiger partial charge in [-0.2, -0.15) is 5.10 Å². The van der Waals surface area contributed by atoms with Gasteiger partial charge in [-0.05, 0) is 70.5 Å². The number of carbonyl (C=O) groups excluding carboxylic acids is 3. The Morgan fingerprint density at radius 1 is 1.23 bits per heavy atom. The lowest BCUT2D eigenvalue weighted by Gasteiger charge is -2.37. The molecule has 39 heavy (non-hydrogen) atoms. The number of cyclic esters (lactones) is 1. The van der Waals surface area contributed by atoms with Crippen molar-refractivity contribution >= 4 is 23.9 Å². The largest absolute Gasteiger partial charge is 0.462 e. The molecule has 1 fully saturated rings. The number of ketones is 1. The van der Waals surface area contributed by atoms with Crippen molar-refractivity contribution in [1.82, 2.24) is 25.4 Å². The Hall–Kier alpha value is -3.09. The summed E-state index contributed by atoms with van der Waals surface area (Å²) in [6.45, 7) is 6.78. The zero-order valence-electron chi connectivity index (χ0n) is 23.4. The zero-order chi connectivity index (χ0) is 28.8. The number of unbranched alkanes of at least 4 members (excludes halogenated alkanes) is 1. The highest BCUT2D eigenvalue weighted by Gasteiger charge is 2.32. The number of hydrogen-bond acceptors (Lipinski definition) is 11. The van der Waals surface area contributed by atoms with Gasteiger partial charge in [0.2, 0.25) is 6.41 Å². The van der Waals surface area contributed by atoms with Crippen molar-refractivity contribution in [3.05, 3.63) is 30.2 Å². The molecule has 1 aliphatic heterocycles. The third-order valence-corrected chi connectivity index (χ3v) is 7.14. The van der Waals surface area contributed by atoms with Gasteiger partial charge in [-0.3, -0.25) is 14.4 Å². The number of rotatable bonds is 9. The van der Waals surface area contributed by atoms with E-state index in [1.807, 2.05) is 6.92 Å². The Balaban J connectivity index is 2.00. The molecule has 0 spiro atoms. The monoisotopic (exact) mass is 547 g/mol. The standard InChI is InChI=1S/C27H45N7O5/c1-19-8-6-12-30-21(3)26(25(37)17-39-27(38)20(2)24(36)11-10-19)33(18-35)14-4-5-15-34(29)16-22(28)23-9-7-13-31-32-23/h7,9,13,16,18-21,25-26,30,37H,4-6,8,10-12,14-15,17,28-29H2,1-3H3/b22-16-. The summed E-state index contributed by atoms with van der Waals surface area (Å²) in [5, 5.41) is 23.6. The Morgan fingerprint density at radius 2 is 1.97 bits per heavy atom. The second-order valence-electron chi connectivity index (χ2n) is 10.4. The molecule has 218 valence electrons. The molecule has 2 heterocycles. The number of nitrogens with one attached hydrogen (secondary N) is 1. The number of nitrogens with two attached hydrogens (primary N) is 2. The van der Waals surface area contributed by atoms with Gasteiger partial charge in [0.1, 0.15) is 30.1 Å². The molecule has 0 radical (unpaired) electrons. The van der Waals surface area contributed by atoms with E-state index >= 15 is 0 Å². The highest BCUT2D eigenvalue weighted by atomic mass is 16.5. The first-order chi connectivity index (χ1) is 18.6. The molecule has 6 N–H and O–H groups in total. The van der Waals surface area contributed by atoms with E-state index in [-0.39, 0.29) is 18.4 Å². The van der Waals surface area contributed by atoms with E-state index in [4.69, 9.17) is 16.3 Å². The first-order valence-corrected chi connectivity index (χ1v) is 13.7. The number of hydrazine groups is 1. The van der Waals surface area contributed by atoms with Crippen LogP contribution in [-0.2, 0) is 19.1 Å². The number of Topliss-reactive ketones (excluding diaryl/α,β-unsaturated/α-hetero) is 1. The molecular formula is C27H45N7O5. The molecule has 1 saturated heterocycles. The van der Waals surface area contributed by atoms with Crippen LogP contribution in [0.2, 0.25) is 0 Å². The molecule has 1 aliphatic rings. The molecule has 12 heteroatoms. The lowest BCUT2D eigenvalue weighted by Crippen LogP contribution is -2.56. The van der Waals surface area contributed by atoms with E-state index in [1.165, 1.54) is 16.8 Å². The lowest BCUT2D eigenvalue weighted by atomic mass is 9.94. The summed E-state index contributed by atoms with van der Waals surface area (Å²) in [7, 11) is 0. The highest BCUT2D eigenvalue weighted by Crippen LogP contribution is 2.18. The number of aliphatic hydroxyl groups excluding tert-OH is 1. The Bertz CT molecular complexity index is 932. The zero-order valence-corrected chi connectivity index (χ0v) is 23.4. The summed E-state index contributed by atoms with van der Waals surface area (Å²) in [6.07, 6.45) is 6.86. The van der Waals surface area contributed by atoms with Gasteiger partial charge in [0.05, 0.1) is 11.7 Å². The fourth-order valence-electron chi connectivity index (χ4n) is 4.64. The summed E-state index contributed by atoms with van der Waals surface area (Å²) in [4.78, 5) is 38.5. The molecule has 0 bridgehead atoms. The number of aliphatic hydroxyl groups is 1. The van der Waals surface area contributed by atoms with Crippen LogP contribution in [0.15, 0.2) is 24.5 Å². The van der Waals surface area contributed by atoms with Crippen LogP contribution >= 0.6 is 0 Å². The smallest absolute Gasteiger partial charge is 0.316 e. The predicted octanol–water partition coefficient (Wildman–Crippen LogP) is 0.814. The van der Waals surface area contributed by atoms with E-state index in [0.717, 1.165) is 19.3 Å². The van der Waals surface area contributed by atoms with E-state index < -0.39 is 24.0 Å². The Kier molecular flexibility index (Phi) is 13.8. The summed E-state index contributed by atoms with van der Waals surface area (Å²) in [6, 6.07) is 2.57. The maximum atomic E-state index is 12.5. The molecular weight excluding hydrogens is 502 g/mol. The van der Waals surface area contributed by atoms with Gasteiger partial charge in [-0.25, -0.2) is 5.84 Å². The quantitative estimate of drug-likeness (QED) is 0.0859. The van der Waals surface area contributed by atoms with Crippen molar-refractivity contribution in [2.24, 2.45) is 23.4 Å². The molecule has 1 aromatic rings. The predicted molar refractivity (Wildman–Crippen MR) is 147 cm³/mol. The topological polar surface area (TPSA) is 177 Å². The van der Waals surface area contributed by atoms with E-state index in [0.29, 0.717) is 62.6 Å². The van der Waals surface area contributed by atoms with Crippen LogP contribution < -0.4 is 16.9 Å². The maximum Gasteiger partial charge on any atom is 0.316 e. The number of aromatic nitrogens is 2. The number of hydrogen-bond donors (Lipinski definition) is 4. The number of amides is 1. The van der Waals surface area contributed by atoms with Crippen molar-refractivity contribution < 1.29 is 24.2 Å². The number of ether oxygens (including phenoxy) is 1. The number of nitrogens with zero attached hydrogens (tertiary/aromatic N) is 4. The minimum Gasteiger partial charge on any atom is -0.462 e. The summed E-state index contributed by atoms with van der Waals surface area (Å²) >= 11 is 0. The van der Waals surface area contributed by atoms with E-state index in [1.54, 1.807) is 24.5 Å².